The molecule has 1 N–H and O–H groups in total. The van der Waals surface area contributed by atoms with Crippen molar-refractivity contribution in [1.82, 2.24) is 9.88 Å². The van der Waals surface area contributed by atoms with E-state index in [9.17, 15) is 14.4 Å². The number of furan rings is 1. The van der Waals surface area contributed by atoms with Crippen LogP contribution < -0.4 is 10.2 Å². The number of carbonyl (C=O) groups is 3. The molecule has 1 aliphatic rings. The van der Waals surface area contributed by atoms with Gasteiger partial charge in [-0.3, -0.25) is 14.4 Å². The molecule has 5 rings (SSSR count). The van der Waals surface area contributed by atoms with Crippen molar-refractivity contribution in [3.05, 3.63) is 93.9 Å². The smallest absolute Gasteiger partial charge is 0.298 e. The van der Waals surface area contributed by atoms with Gasteiger partial charge in [-0.25, -0.2) is 4.90 Å². The van der Waals surface area contributed by atoms with Gasteiger partial charge < -0.3 is 14.3 Å². The van der Waals surface area contributed by atoms with Crippen LogP contribution in [0.3, 0.4) is 0 Å². The number of rotatable bonds is 7. The molecule has 7 nitrogen and oxygen atoms in total. The Bertz CT molecular complexity index is 1490. The third-order valence-corrected chi connectivity index (χ3v) is 7.03. The van der Waals surface area contributed by atoms with Crippen LogP contribution in [-0.4, -0.2) is 21.6 Å². The van der Waals surface area contributed by atoms with Gasteiger partial charge >= 0.3 is 0 Å². The highest BCUT2D eigenvalue weighted by atomic mass is 35.5. The number of imide groups is 1. The van der Waals surface area contributed by atoms with Crippen LogP contribution in [0.1, 0.15) is 23.8 Å². The van der Waals surface area contributed by atoms with Gasteiger partial charge in [0.1, 0.15) is 12.3 Å². The van der Waals surface area contributed by atoms with Crippen LogP contribution in [0.25, 0.3) is 17.0 Å². The molecule has 0 atom stereocenters. The third kappa shape index (κ3) is 4.69. The first-order chi connectivity index (χ1) is 17.4. The summed E-state index contributed by atoms with van der Waals surface area (Å²) in [5.74, 6) is 0.118. The van der Waals surface area contributed by atoms with Gasteiger partial charge in [0.2, 0.25) is 5.91 Å². The number of fused-ring (bicyclic) bond motifs is 1. The lowest BCUT2D eigenvalue weighted by atomic mass is 10.1. The average Bonchev–Trinajstić information content (AvgIpc) is 3.58. The minimum absolute atomic E-state index is 0.105. The second-order valence-corrected chi connectivity index (χ2v) is 9.66. The molecule has 0 spiro atoms. The van der Waals surface area contributed by atoms with Gasteiger partial charge in [0, 0.05) is 22.2 Å². The van der Waals surface area contributed by atoms with Gasteiger partial charge in [0.05, 0.1) is 28.9 Å². The maximum atomic E-state index is 13.2. The van der Waals surface area contributed by atoms with E-state index in [0.29, 0.717) is 27.9 Å². The number of amides is 3. The lowest BCUT2D eigenvalue weighted by Gasteiger charge is -2.12. The zero-order chi connectivity index (χ0) is 25.2. The fraction of sp³-hybridized carbons (Fsp3) is 0.148. The Balaban J connectivity index is 1.46. The normalized spacial score (nSPS) is 14.8. The maximum Gasteiger partial charge on any atom is 0.298 e. The Morgan fingerprint density at radius 2 is 1.92 bits per heavy atom. The minimum Gasteiger partial charge on any atom is -0.467 e. The highest BCUT2D eigenvalue weighted by Gasteiger charge is 2.36. The molecule has 1 aliphatic heterocycles. The van der Waals surface area contributed by atoms with Crippen LogP contribution in [0.2, 0.25) is 5.02 Å². The molecule has 0 unspecified atom stereocenters. The number of halogens is 1. The fourth-order valence-corrected chi connectivity index (χ4v) is 5.18. The molecular formula is C27H22ClN3O4S. The number of nitrogens with one attached hydrogen (secondary N) is 1. The van der Waals surface area contributed by atoms with Gasteiger partial charge in [-0.15, -0.1) is 0 Å². The molecule has 0 aliphatic carbocycles. The van der Waals surface area contributed by atoms with E-state index < -0.39 is 5.91 Å². The van der Waals surface area contributed by atoms with E-state index in [1.165, 1.54) is 0 Å². The SMILES string of the molecule is CCc1cccc2c(/C=C3\SC(=O)N(c4ccc(Cl)cc4)C3=O)cn(CC(=O)NCc3ccco3)c12. The number of hydrogen-bond donors (Lipinski definition) is 1. The number of benzene rings is 2. The quantitative estimate of drug-likeness (QED) is 0.302. The van der Waals surface area contributed by atoms with E-state index in [1.807, 2.05) is 29.0 Å². The Labute approximate surface area is 216 Å². The Morgan fingerprint density at radius 1 is 1.11 bits per heavy atom. The zero-order valence-electron chi connectivity index (χ0n) is 19.4. The zero-order valence-corrected chi connectivity index (χ0v) is 20.9. The first-order valence-corrected chi connectivity index (χ1v) is 12.6. The first kappa shape index (κ1) is 24.0. The van der Waals surface area contributed by atoms with E-state index >= 15 is 0 Å². The van der Waals surface area contributed by atoms with Gasteiger partial charge in [-0.2, -0.15) is 0 Å². The maximum absolute atomic E-state index is 13.2. The van der Waals surface area contributed by atoms with Crippen LogP contribution in [0, 0.1) is 0 Å². The predicted molar refractivity (Wildman–Crippen MR) is 142 cm³/mol. The topological polar surface area (TPSA) is 84.5 Å². The van der Waals surface area contributed by atoms with Gasteiger partial charge in [0.15, 0.2) is 0 Å². The summed E-state index contributed by atoms with van der Waals surface area (Å²) in [6, 6.07) is 16.1. The van der Waals surface area contributed by atoms with E-state index in [0.717, 1.165) is 45.1 Å². The number of para-hydroxylation sites is 1. The summed E-state index contributed by atoms with van der Waals surface area (Å²) in [6.07, 6.45) is 5.92. The largest absolute Gasteiger partial charge is 0.467 e. The molecule has 1 saturated heterocycles. The summed E-state index contributed by atoms with van der Waals surface area (Å²) >= 11 is 6.84. The van der Waals surface area contributed by atoms with E-state index in [1.54, 1.807) is 48.7 Å². The van der Waals surface area contributed by atoms with Crippen molar-refractivity contribution in [3.63, 3.8) is 0 Å². The number of thioether (sulfide) groups is 1. The van der Waals surface area contributed by atoms with Gasteiger partial charge in [-0.1, -0.05) is 36.7 Å². The highest BCUT2D eigenvalue weighted by Crippen LogP contribution is 2.37. The number of carbonyl (C=O) groups excluding carboxylic acids is 3. The Hall–Kier alpha value is -3.75. The fourth-order valence-electron chi connectivity index (χ4n) is 4.22. The lowest BCUT2D eigenvalue weighted by molar-refractivity contribution is -0.121. The minimum atomic E-state index is -0.393. The number of nitrogens with zero attached hydrogens (tertiary/aromatic N) is 2. The van der Waals surface area contributed by atoms with Crippen molar-refractivity contribution in [3.8, 4) is 0 Å². The summed E-state index contributed by atoms with van der Waals surface area (Å²) in [5, 5.41) is 3.93. The van der Waals surface area contributed by atoms with Crippen LogP contribution in [0.4, 0.5) is 10.5 Å². The van der Waals surface area contributed by atoms with E-state index in [2.05, 4.69) is 12.2 Å². The summed E-state index contributed by atoms with van der Waals surface area (Å²) in [6.45, 7) is 2.46. The van der Waals surface area contributed by atoms with Gasteiger partial charge in [-0.05, 0) is 66.2 Å². The first-order valence-electron chi connectivity index (χ1n) is 11.4. The number of aromatic nitrogens is 1. The second-order valence-electron chi connectivity index (χ2n) is 8.23. The van der Waals surface area contributed by atoms with Crippen molar-refractivity contribution < 1.29 is 18.8 Å². The van der Waals surface area contributed by atoms with Crippen molar-refractivity contribution in [1.29, 1.82) is 0 Å². The predicted octanol–water partition coefficient (Wildman–Crippen LogP) is 6.01. The molecule has 2 aromatic heterocycles. The van der Waals surface area contributed by atoms with Crippen molar-refractivity contribution in [2.45, 2.75) is 26.4 Å². The lowest BCUT2D eigenvalue weighted by Crippen LogP contribution is -2.27. The molecular weight excluding hydrogens is 498 g/mol. The van der Waals surface area contributed by atoms with E-state index in [-0.39, 0.29) is 17.7 Å². The molecule has 2 aromatic carbocycles. The standard InChI is InChI=1S/C27H22ClN3O4S/c1-2-17-5-3-7-22-18(15-30(25(17)22)16-24(32)29-14-21-6-4-12-35-21)13-23-26(33)31(27(34)36-23)20-10-8-19(28)9-11-20/h3-13,15H,2,14,16H2,1H3,(H,29,32)/b23-13-. The van der Waals surface area contributed by atoms with Crippen LogP contribution in [-0.2, 0) is 29.1 Å². The summed E-state index contributed by atoms with van der Waals surface area (Å²) in [5.41, 5.74) is 3.24. The van der Waals surface area contributed by atoms with Crippen molar-refractivity contribution in [2.24, 2.45) is 0 Å². The highest BCUT2D eigenvalue weighted by molar-refractivity contribution is 8.19. The molecule has 182 valence electrons. The number of aryl methyl sites for hydroxylation is 1. The molecule has 0 saturated carbocycles. The molecule has 0 bridgehead atoms. The molecule has 3 amide bonds. The molecule has 0 radical (unpaired) electrons. The Kier molecular flexibility index (Phi) is 6.71. The van der Waals surface area contributed by atoms with Crippen LogP contribution in [0.5, 0.6) is 0 Å². The summed E-state index contributed by atoms with van der Waals surface area (Å²) in [7, 11) is 0. The number of hydrogen-bond acceptors (Lipinski definition) is 5. The van der Waals surface area contributed by atoms with Crippen molar-refractivity contribution >= 4 is 63.1 Å². The number of anilines is 1. The molecule has 1 fully saturated rings. The molecule has 9 heteroatoms. The third-order valence-electron chi connectivity index (χ3n) is 5.91. The average molecular weight is 520 g/mol. The monoisotopic (exact) mass is 519 g/mol. The van der Waals surface area contributed by atoms with Crippen molar-refractivity contribution in [2.75, 3.05) is 4.90 Å². The summed E-state index contributed by atoms with van der Waals surface area (Å²) in [4.78, 5) is 40.0. The molecule has 3 heterocycles. The Morgan fingerprint density at radius 3 is 2.64 bits per heavy atom. The van der Waals surface area contributed by atoms with Gasteiger partial charge in [0.25, 0.3) is 11.1 Å². The van der Waals surface area contributed by atoms with Crippen LogP contribution >= 0.6 is 23.4 Å². The summed E-state index contributed by atoms with van der Waals surface area (Å²) < 4.78 is 7.17. The second kappa shape index (κ2) is 10.1. The molecule has 36 heavy (non-hydrogen) atoms. The molecule has 4 aromatic rings. The van der Waals surface area contributed by atoms with Crippen LogP contribution in [0.15, 0.2) is 76.4 Å². The van der Waals surface area contributed by atoms with E-state index in [4.69, 9.17) is 16.0 Å².